The normalized spacial score (nSPS) is 18.6. The van der Waals surface area contributed by atoms with E-state index in [1.165, 1.54) is 6.33 Å². The molecule has 0 aliphatic carbocycles. The molecule has 1 aliphatic rings. The third-order valence-electron chi connectivity index (χ3n) is 4.45. The standard InChI is InChI=1S/C16H21N5O2/c1-13(10-21-12-18-11-19-21)15(22)20-7-4-16(23,5-8-20)14-3-2-6-17-9-14/h2-3,6,9,11-13,23H,4-5,7-8,10H2,1H3. The van der Waals surface area contributed by atoms with E-state index in [1.54, 1.807) is 23.4 Å². The van der Waals surface area contributed by atoms with Crippen LogP contribution in [0.15, 0.2) is 37.2 Å². The Morgan fingerprint density at radius 2 is 2.17 bits per heavy atom. The van der Waals surface area contributed by atoms with Crippen molar-refractivity contribution in [1.29, 1.82) is 0 Å². The van der Waals surface area contributed by atoms with Crippen molar-refractivity contribution in [2.75, 3.05) is 13.1 Å². The molecule has 0 aromatic carbocycles. The molecule has 0 radical (unpaired) electrons. The number of aliphatic hydroxyl groups is 1. The highest BCUT2D eigenvalue weighted by Gasteiger charge is 2.36. The number of pyridine rings is 1. The third kappa shape index (κ3) is 3.39. The van der Waals surface area contributed by atoms with Crippen molar-refractivity contribution in [3.8, 4) is 0 Å². The molecule has 1 saturated heterocycles. The van der Waals surface area contributed by atoms with Crippen molar-refractivity contribution < 1.29 is 9.90 Å². The predicted molar refractivity (Wildman–Crippen MR) is 83.1 cm³/mol. The highest BCUT2D eigenvalue weighted by molar-refractivity contribution is 5.78. The number of rotatable bonds is 4. The van der Waals surface area contributed by atoms with E-state index in [-0.39, 0.29) is 11.8 Å². The van der Waals surface area contributed by atoms with Gasteiger partial charge >= 0.3 is 0 Å². The number of nitrogens with zero attached hydrogens (tertiary/aromatic N) is 5. The summed E-state index contributed by atoms with van der Waals surface area (Å²) in [6.45, 7) is 3.51. The van der Waals surface area contributed by atoms with Gasteiger partial charge in [0.25, 0.3) is 0 Å². The molecule has 1 N–H and O–H groups in total. The van der Waals surface area contributed by atoms with Crippen LogP contribution in [-0.2, 0) is 16.9 Å². The topological polar surface area (TPSA) is 84.1 Å². The largest absolute Gasteiger partial charge is 0.385 e. The average molecular weight is 315 g/mol. The lowest BCUT2D eigenvalue weighted by Crippen LogP contribution is -2.47. The maximum absolute atomic E-state index is 12.5. The lowest BCUT2D eigenvalue weighted by atomic mass is 9.85. The summed E-state index contributed by atoms with van der Waals surface area (Å²) in [5, 5.41) is 14.8. The molecular formula is C16H21N5O2. The van der Waals surface area contributed by atoms with Gasteiger partial charge in [-0.3, -0.25) is 14.5 Å². The Balaban J connectivity index is 1.59. The first-order valence-electron chi connectivity index (χ1n) is 7.82. The van der Waals surface area contributed by atoms with Crippen LogP contribution in [0.25, 0.3) is 0 Å². The quantitative estimate of drug-likeness (QED) is 0.903. The third-order valence-corrected chi connectivity index (χ3v) is 4.45. The Hall–Kier alpha value is -2.28. The summed E-state index contributed by atoms with van der Waals surface area (Å²) in [4.78, 5) is 22.3. The van der Waals surface area contributed by atoms with Crippen molar-refractivity contribution in [3.05, 3.63) is 42.7 Å². The molecule has 7 heteroatoms. The first kappa shape index (κ1) is 15.6. The van der Waals surface area contributed by atoms with Gasteiger partial charge in [-0.1, -0.05) is 13.0 Å². The zero-order chi connectivity index (χ0) is 16.3. The molecule has 0 bridgehead atoms. The summed E-state index contributed by atoms with van der Waals surface area (Å²) in [5.41, 5.74) is -0.0667. The van der Waals surface area contributed by atoms with Crippen LogP contribution in [0.5, 0.6) is 0 Å². The van der Waals surface area contributed by atoms with Gasteiger partial charge in [0, 0.05) is 31.0 Å². The van der Waals surface area contributed by atoms with Crippen LogP contribution in [0.3, 0.4) is 0 Å². The van der Waals surface area contributed by atoms with Crippen LogP contribution in [0.4, 0.5) is 0 Å². The van der Waals surface area contributed by atoms with Gasteiger partial charge in [0.05, 0.1) is 18.1 Å². The maximum atomic E-state index is 12.5. The number of hydrogen-bond acceptors (Lipinski definition) is 5. The summed E-state index contributed by atoms with van der Waals surface area (Å²) in [6, 6.07) is 3.71. The van der Waals surface area contributed by atoms with Crippen LogP contribution in [0.1, 0.15) is 25.3 Å². The van der Waals surface area contributed by atoms with Gasteiger partial charge in [-0.25, -0.2) is 4.98 Å². The second kappa shape index (κ2) is 6.45. The SMILES string of the molecule is CC(Cn1cncn1)C(=O)N1CCC(O)(c2cccnc2)CC1. The Labute approximate surface area is 135 Å². The molecule has 1 amide bonds. The van der Waals surface area contributed by atoms with Crippen LogP contribution in [0, 0.1) is 5.92 Å². The van der Waals surface area contributed by atoms with E-state index in [0.717, 1.165) is 5.56 Å². The highest BCUT2D eigenvalue weighted by atomic mass is 16.3. The van der Waals surface area contributed by atoms with E-state index in [2.05, 4.69) is 15.1 Å². The molecule has 3 rings (SSSR count). The van der Waals surface area contributed by atoms with Gasteiger partial charge in [0.15, 0.2) is 0 Å². The first-order chi connectivity index (χ1) is 11.1. The molecule has 23 heavy (non-hydrogen) atoms. The van der Waals surface area contributed by atoms with Crippen LogP contribution >= 0.6 is 0 Å². The summed E-state index contributed by atoms with van der Waals surface area (Å²) in [5.74, 6) is -0.0741. The fourth-order valence-corrected chi connectivity index (χ4v) is 3.02. The van der Waals surface area contributed by atoms with Gasteiger partial charge in [0.2, 0.25) is 5.91 Å². The number of carbonyl (C=O) groups is 1. The average Bonchev–Trinajstić information content (AvgIpc) is 3.09. The Morgan fingerprint density at radius 1 is 1.39 bits per heavy atom. The molecule has 3 heterocycles. The summed E-state index contributed by atoms with van der Waals surface area (Å²) in [7, 11) is 0. The minimum absolute atomic E-state index is 0.0914. The molecule has 1 atom stereocenters. The molecular weight excluding hydrogens is 294 g/mol. The maximum Gasteiger partial charge on any atom is 0.227 e. The first-order valence-corrected chi connectivity index (χ1v) is 7.82. The molecule has 2 aromatic rings. The van der Waals surface area contributed by atoms with Crippen LogP contribution in [-0.4, -0.2) is 48.8 Å². The minimum atomic E-state index is -0.889. The zero-order valence-electron chi connectivity index (χ0n) is 13.2. The van der Waals surface area contributed by atoms with Gasteiger partial charge in [-0.15, -0.1) is 0 Å². The Kier molecular flexibility index (Phi) is 4.38. The molecule has 7 nitrogen and oxygen atoms in total. The van der Waals surface area contributed by atoms with E-state index >= 15 is 0 Å². The van der Waals surface area contributed by atoms with E-state index in [0.29, 0.717) is 32.5 Å². The second-order valence-corrected chi connectivity index (χ2v) is 6.12. The van der Waals surface area contributed by atoms with Crippen molar-refractivity contribution >= 4 is 5.91 Å². The number of carbonyl (C=O) groups excluding carboxylic acids is 1. The summed E-state index contributed by atoms with van der Waals surface area (Å²) >= 11 is 0. The van der Waals surface area contributed by atoms with E-state index < -0.39 is 5.60 Å². The van der Waals surface area contributed by atoms with E-state index in [1.807, 2.05) is 24.0 Å². The summed E-state index contributed by atoms with van der Waals surface area (Å²) in [6.07, 6.45) is 7.52. The lowest BCUT2D eigenvalue weighted by Gasteiger charge is -2.39. The molecule has 1 fully saturated rings. The van der Waals surface area contributed by atoms with Gasteiger partial charge in [-0.05, 0) is 18.9 Å². The molecule has 1 unspecified atom stereocenters. The van der Waals surface area contributed by atoms with Gasteiger partial charge < -0.3 is 10.0 Å². The second-order valence-electron chi connectivity index (χ2n) is 6.12. The molecule has 2 aromatic heterocycles. The van der Waals surface area contributed by atoms with Crippen molar-refractivity contribution in [2.45, 2.75) is 31.9 Å². The molecule has 0 saturated carbocycles. The number of aromatic nitrogens is 4. The highest BCUT2D eigenvalue weighted by Crippen LogP contribution is 2.32. The number of amides is 1. The zero-order valence-corrected chi connectivity index (χ0v) is 13.2. The van der Waals surface area contributed by atoms with Gasteiger partial charge in [0.1, 0.15) is 12.7 Å². The fraction of sp³-hybridized carbons (Fsp3) is 0.500. The fourth-order valence-electron chi connectivity index (χ4n) is 3.02. The molecule has 122 valence electrons. The van der Waals surface area contributed by atoms with Crippen molar-refractivity contribution in [1.82, 2.24) is 24.6 Å². The molecule has 0 spiro atoms. The van der Waals surface area contributed by atoms with Crippen molar-refractivity contribution in [3.63, 3.8) is 0 Å². The number of piperidine rings is 1. The van der Waals surface area contributed by atoms with E-state index in [9.17, 15) is 9.90 Å². The van der Waals surface area contributed by atoms with Crippen LogP contribution in [0.2, 0.25) is 0 Å². The smallest absolute Gasteiger partial charge is 0.227 e. The minimum Gasteiger partial charge on any atom is -0.385 e. The van der Waals surface area contributed by atoms with Gasteiger partial charge in [-0.2, -0.15) is 5.10 Å². The number of hydrogen-bond donors (Lipinski definition) is 1. The monoisotopic (exact) mass is 315 g/mol. The Bertz CT molecular complexity index is 636. The predicted octanol–water partition coefficient (Wildman–Crippen LogP) is 0.819. The Morgan fingerprint density at radius 3 is 2.78 bits per heavy atom. The van der Waals surface area contributed by atoms with Crippen LogP contribution < -0.4 is 0 Å². The van der Waals surface area contributed by atoms with E-state index in [4.69, 9.17) is 0 Å². The summed E-state index contributed by atoms with van der Waals surface area (Å²) < 4.78 is 1.67. The van der Waals surface area contributed by atoms with Crippen molar-refractivity contribution in [2.24, 2.45) is 5.92 Å². The lowest BCUT2D eigenvalue weighted by molar-refractivity contribution is -0.140. The number of likely N-dealkylation sites (tertiary alicyclic amines) is 1. The molecule has 1 aliphatic heterocycles.